The molecule has 0 aliphatic rings. The first kappa shape index (κ1) is 11.0. The number of hydrazine groups is 1. The van der Waals surface area contributed by atoms with E-state index in [1.54, 1.807) is 11.3 Å². The minimum Gasteiger partial charge on any atom is -0.271 e. The number of rotatable bonds is 6. The van der Waals surface area contributed by atoms with Crippen molar-refractivity contribution in [1.29, 1.82) is 0 Å². The lowest BCUT2D eigenvalue weighted by molar-refractivity contribution is 0.517. The van der Waals surface area contributed by atoms with E-state index in [0.717, 1.165) is 12.8 Å². The summed E-state index contributed by atoms with van der Waals surface area (Å²) in [4.78, 5) is 1.41. The van der Waals surface area contributed by atoms with Crippen molar-refractivity contribution in [3.63, 3.8) is 0 Å². The van der Waals surface area contributed by atoms with Gasteiger partial charge in [-0.15, -0.1) is 11.3 Å². The van der Waals surface area contributed by atoms with Crippen molar-refractivity contribution in [3.8, 4) is 0 Å². The molecule has 1 heterocycles. The summed E-state index contributed by atoms with van der Waals surface area (Å²) >= 11 is 3.66. The number of hydrogen-bond donors (Lipinski definition) is 2. The third kappa shape index (κ3) is 4.13. The van der Waals surface area contributed by atoms with Crippen molar-refractivity contribution in [1.82, 2.24) is 5.43 Å². The normalized spacial score (nSPS) is 13.1. The molecule has 1 rings (SSSR count). The van der Waals surface area contributed by atoms with Crippen molar-refractivity contribution in [3.05, 3.63) is 22.4 Å². The van der Waals surface area contributed by atoms with Gasteiger partial charge in [0, 0.05) is 10.9 Å². The summed E-state index contributed by atoms with van der Waals surface area (Å²) in [5, 5.41) is 2.11. The highest BCUT2D eigenvalue weighted by Gasteiger charge is 2.07. The van der Waals surface area contributed by atoms with Crippen molar-refractivity contribution < 1.29 is 0 Å². The van der Waals surface area contributed by atoms with Crippen LogP contribution in [0.3, 0.4) is 0 Å². The summed E-state index contributed by atoms with van der Waals surface area (Å²) in [5.74, 6) is 6.64. The average Bonchev–Trinajstić information content (AvgIpc) is 2.64. The Morgan fingerprint density at radius 1 is 1.69 bits per heavy atom. The summed E-state index contributed by atoms with van der Waals surface area (Å²) in [6.45, 7) is 0. The van der Waals surface area contributed by atoms with Crippen LogP contribution in [0, 0.1) is 0 Å². The van der Waals surface area contributed by atoms with Gasteiger partial charge >= 0.3 is 0 Å². The molecule has 0 aliphatic heterocycles. The molecule has 0 spiro atoms. The van der Waals surface area contributed by atoms with Crippen LogP contribution in [0.25, 0.3) is 0 Å². The molecule has 0 bridgehead atoms. The third-order valence-electron chi connectivity index (χ3n) is 1.93. The molecule has 0 aromatic carbocycles. The smallest absolute Gasteiger partial charge is 0.0266 e. The Morgan fingerprint density at radius 2 is 2.54 bits per heavy atom. The lowest BCUT2D eigenvalue weighted by Crippen LogP contribution is -2.37. The molecule has 3 N–H and O–H groups in total. The van der Waals surface area contributed by atoms with Gasteiger partial charge < -0.3 is 0 Å². The Hall–Kier alpha value is -0.0300. The fourth-order valence-electron chi connectivity index (χ4n) is 1.18. The van der Waals surface area contributed by atoms with Gasteiger partial charge in [-0.05, 0) is 36.3 Å². The summed E-state index contributed by atoms with van der Waals surface area (Å²) in [6.07, 6.45) is 4.31. The predicted octanol–water partition coefficient (Wildman–Crippen LogP) is 1.88. The maximum Gasteiger partial charge on any atom is 0.0266 e. The number of thioether (sulfide) groups is 1. The Kier molecular flexibility index (Phi) is 5.46. The Balaban J connectivity index is 2.31. The van der Waals surface area contributed by atoms with Crippen molar-refractivity contribution in [2.24, 2.45) is 5.84 Å². The standard InChI is InChI=1S/C9H16N2S2/c1-12-6-4-8(11-10)7-9-3-2-5-13-9/h2-3,5,8,11H,4,6-7,10H2,1H3. The van der Waals surface area contributed by atoms with Gasteiger partial charge in [-0.3, -0.25) is 11.3 Å². The first-order valence-electron chi connectivity index (χ1n) is 4.34. The van der Waals surface area contributed by atoms with Crippen LogP contribution in [0.1, 0.15) is 11.3 Å². The van der Waals surface area contributed by atoms with E-state index in [4.69, 9.17) is 5.84 Å². The van der Waals surface area contributed by atoms with Crippen molar-refractivity contribution >= 4 is 23.1 Å². The summed E-state index contributed by atoms with van der Waals surface area (Å²) in [7, 11) is 0. The van der Waals surface area contributed by atoms with Gasteiger partial charge in [0.15, 0.2) is 0 Å². The van der Waals surface area contributed by atoms with Gasteiger partial charge in [0.05, 0.1) is 0 Å². The first-order valence-corrected chi connectivity index (χ1v) is 6.61. The Labute approximate surface area is 87.9 Å². The second kappa shape index (κ2) is 6.43. The molecule has 0 saturated carbocycles. The lowest BCUT2D eigenvalue weighted by Gasteiger charge is -2.13. The second-order valence-electron chi connectivity index (χ2n) is 2.93. The molecule has 1 atom stereocenters. The van der Waals surface area contributed by atoms with E-state index < -0.39 is 0 Å². The van der Waals surface area contributed by atoms with Crippen molar-refractivity contribution in [2.45, 2.75) is 18.9 Å². The van der Waals surface area contributed by atoms with Gasteiger partial charge in [0.1, 0.15) is 0 Å². The van der Waals surface area contributed by atoms with Gasteiger partial charge in [-0.1, -0.05) is 6.07 Å². The van der Waals surface area contributed by atoms with Crippen molar-refractivity contribution in [2.75, 3.05) is 12.0 Å². The maximum atomic E-state index is 5.48. The van der Waals surface area contributed by atoms with E-state index in [1.165, 1.54) is 10.6 Å². The molecule has 1 aromatic rings. The van der Waals surface area contributed by atoms with E-state index in [9.17, 15) is 0 Å². The average molecular weight is 216 g/mol. The van der Waals surface area contributed by atoms with Gasteiger partial charge in [-0.2, -0.15) is 11.8 Å². The quantitative estimate of drug-likeness (QED) is 0.563. The van der Waals surface area contributed by atoms with Gasteiger partial charge in [0.25, 0.3) is 0 Å². The summed E-state index contributed by atoms with van der Waals surface area (Å²) in [6, 6.07) is 4.67. The molecule has 0 saturated heterocycles. The van der Waals surface area contributed by atoms with Gasteiger partial charge in [0.2, 0.25) is 0 Å². The molecule has 0 amide bonds. The fourth-order valence-corrected chi connectivity index (χ4v) is 2.48. The van der Waals surface area contributed by atoms with E-state index >= 15 is 0 Å². The zero-order valence-electron chi connectivity index (χ0n) is 7.82. The zero-order chi connectivity index (χ0) is 9.52. The topological polar surface area (TPSA) is 38.0 Å². The second-order valence-corrected chi connectivity index (χ2v) is 4.95. The van der Waals surface area contributed by atoms with Crippen LogP contribution in [0.5, 0.6) is 0 Å². The third-order valence-corrected chi connectivity index (χ3v) is 3.48. The Morgan fingerprint density at radius 3 is 3.08 bits per heavy atom. The molecule has 1 aromatic heterocycles. The molecule has 74 valence electrons. The highest BCUT2D eigenvalue weighted by molar-refractivity contribution is 7.98. The zero-order valence-corrected chi connectivity index (χ0v) is 9.46. The van der Waals surface area contributed by atoms with Crippen LogP contribution >= 0.6 is 23.1 Å². The predicted molar refractivity (Wildman–Crippen MR) is 62.1 cm³/mol. The molecule has 1 unspecified atom stereocenters. The highest BCUT2D eigenvalue weighted by Crippen LogP contribution is 2.13. The minimum atomic E-state index is 0.422. The number of nitrogens with one attached hydrogen (secondary N) is 1. The molecule has 4 heteroatoms. The molecule has 0 radical (unpaired) electrons. The van der Waals surface area contributed by atoms with E-state index in [0.29, 0.717) is 6.04 Å². The van der Waals surface area contributed by atoms with Gasteiger partial charge in [-0.25, -0.2) is 0 Å². The number of hydrogen-bond acceptors (Lipinski definition) is 4. The molecule has 0 fully saturated rings. The Bertz CT molecular complexity index is 211. The van der Waals surface area contributed by atoms with Crippen LogP contribution in [-0.4, -0.2) is 18.1 Å². The largest absolute Gasteiger partial charge is 0.271 e. The maximum absolute atomic E-state index is 5.48. The summed E-state index contributed by atoms with van der Waals surface area (Å²) in [5.41, 5.74) is 2.87. The first-order chi connectivity index (χ1) is 6.36. The molecule has 2 nitrogen and oxygen atoms in total. The summed E-state index contributed by atoms with van der Waals surface area (Å²) < 4.78 is 0. The molecule has 0 aliphatic carbocycles. The van der Waals surface area contributed by atoms with Crippen LogP contribution in [0.2, 0.25) is 0 Å². The molecular formula is C9H16N2S2. The number of nitrogens with two attached hydrogens (primary N) is 1. The van der Waals surface area contributed by atoms with E-state index in [2.05, 4.69) is 29.2 Å². The fraction of sp³-hybridized carbons (Fsp3) is 0.556. The van der Waals surface area contributed by atoms with Crippen LogP contribution < -0.4 is 11.3 Å². The van der Waals surface area contributed by atoms with Crippen LogP contribution in [0.15, 0.2) is 17.5 Å². The van der Waals surface area contributed by atoms with E-state index in [1.807, 2.05) is 11.8 Å². The monoisotopic (exact) mass is 216 g/mol. The SMILES string of the molecule is CSCCC(Cc1cccs1)NN. The van der Waals surface area contributed by atoms with E-state index in [-0.39, 0.29) is 0 Å². The molecular weight excluding hydrogens is 200 g/mol. The number of thiophene rings is 1. The molecule has 13 heavy (non-hydrogen) atoms. The minimum absolute atomic E-state index is 0.422. The van der Waals surface area contributed by atoms with Crippen LogP contribution in [0.4, 0.5) is 0 Å². The highest BCUT2D eigenvalue weighted by atomic mass is 32.2. The lowest BCUT2D eigenvalue weighted by atomic mass is 10.1. The van der Waals surface area contributed by atoms with Crippen LogP contribution in [-0.2, 0) is 6.42 Å².